The van der Waals surface area contributed by atoms with E-state index in [0.717, 1.165) is 6.42 Å². The summed E-state index contributed by atoms with van der Waals surface area (Å²) < 4.78 is 5.27. The van der Waals surface area contributed by atoms with Gasteiger partial charge in [0.25, 0.3) is 0 Å². The number of hydrogen-bond donors (Lipinski definition) is 1. The number of ether oxygens (including phenoxy) is 1. The van der Waals surface area contributed by atoms with Crippen molar-refractivity contribution in [2.24, 2.45) is 5.92 Å². The van der Waals surface area contributed by atoms with Crippen LogP contribution in [0, 0.1) is 5.92 Å². The molecule has 0 aliphatic carbocycles. The summed E-state index contributed by atoms with van der Waals surface area (Å²) in [5.74, 6) is 0.0739. The Kier molecular flexibility index (Phi) is 5.57. The maximum Gasteiger partial charge on any atom is 0.248 e. The standard InChI is InChI=1S/C15H28N2O3/c1-7-10(3)12-13(18)16-15(5,8-2)14(19)17(12)9-11(4)20-6/h10-12H,7-9H2,1-6H3,(H,16,18). The van der Waals surface area contributed by atoms with Gasteiger partial charge in [-0.25, -0.2) is 0 Å². The van der Waals surface area contributed by atoms with Crippen molar-refractivity contribution in [3.8, 4) is 0 Å². The zero-order chi connectivity index (χ0) is 15.5. The first-order chi connectivity index (χ1) is 9.30. The van der Waals surface area contributed by atoms with Crippen LogP contribution in [0.1, 0.15) is 47.5 Å². The van der Waals surface area contributed by atoms with Gasteiger partial charge in [0.1, 0.15) is 11.6 Å². The molecule has 5 heteroatoms. The lowest BCUT2D eigenvalue weighted by atomic mass is 9.86. The third kappa shape index (κ3) is 3.14. The molecular formula is C15H28N2O3. The molecule has 1 fully saturated rings. The number of hydrogen-bond acceptors (Lipinski definition) is 3. The molecule has 0 bridgehead atoms. The largest absolute Gasteiger partial charge is 0.380 e. The molecule has 2 amide bonds. The fourth-order valence-corrected chi connectivity index (χ4v) is 2.56. The molecule has 1 aliphatic heterocycles. The maximum atomic E-state index is 12.8. The van der Waals surface area contributed by atoms with E-state index in [1.165, 1.54) is 0 Å². The van der Waals surface area contributed by atoms with Crippen LogP contribution in [0.25, 0.3) is 0 Å². The van der Waals surface area contributed by atoms with E-state index < -0.39 is 11.6 Å². The lowest BCUT2D eigenvalue weighted by Crippen LogP contribution is -2.71. The number of piperazine rings is 1. The molecule has 1 heterocycles. The molecule has 20 heavy (non-hydrogen) atoms. The minimum Gasteiger partial charge on any atom is -0.380 e. The highest BCUT2D eigenvalue weighted by molar-refractivity contribution is 5.99. The summed E-state index contributed by atoms with van der Waals surface area (Å²) >= 11 is 0. The van der Waals surface area contributed by atoms with Gasteiger partial charge in [0.05, 0.1) is 6.10 Å². The van der Waals surface area contributed by atoms with Gasteiger partial charge in [0, 0.05) is 13.7 Å². The van der Waals surface area contributed by atoms with Crippen LogP contribution in [0.3, 0.4) is 0 Å². The molecule has 0 spiro atoms. The molecule has 1 N–H and O–H groups in total. The van der Waals surface area contributed by atoms with Gasteiger partial charge < -0.3 is 15.0 Å². The average Bonchev–Trinajstić information content (AvgIpc) is 2.43. The van der Waals surface area contributed by atoms with E-state index in [1.807, 2.05) is 27.7 Å². The number of nitrogens with one attached hydrogen (secondary N) is 1. The molecule has 116 valence electrons. The molecule has 1 aliphatic rings. The minimum atomic E-state index is -0.797. The Hall–Kier alpha value is -1.10. The van der Waals surface area contributed by atoms with Gasteiger partial charge in [-0.15, -0.1) is 0 Å². The van der Waals surface area contributed by atoms with Gasteiger partial charge in [-0.1, -0.05) is 27.2 Å². The van der Waals surface area contributed by atoms with Crippen molar-refractivity contribution < 1.29 is 14.3 Å². The Bertz CT molecular complexity index is 372. The lowest BCUT2D eigenvalue weighted by Gasteiger charge is -2.46. The number of nitrogens with zero attached hydrogens (tertiary/aromatic N) is 1. The van der Waals surface area contributed by atoms with E-state index in [0.29, 0.717) is 13.0 Å². The third-order valence-electron chi connectivity index (χ3n) is 4.48. The number of rotatable bonds is 6. The monoisotopic (exact) mass is 284 g/mol. The van der Waals surface area contributed by atoms with Crippen molar-refractivity contribution in [2.45, 2.75) is 65.1 Å². The van der Waals surface area contributed by atoms with Gasteiger partial charge in [-0.2, -0.15) is 0 Å². The molecule has 0 radical (unpaired) electrons. The summed E-state index contributed by atoms with van der Waals surface area (Å²) in [6, 6.07) is -0.398. The van der Waals surface area contributed by atoms with E-state index in [2.05, 4.69) is 5.32 Å². The van der Waals surface area contributed by atoms with Crippen LogP contribution >= 0.6 is 0 Å². The number of carbonyl (C=O) groups excluding carboxylic acids is 2. The van der Waals surface area contributed by atoms with Gasteiger partial charge in [0.15, 0.2) is 0 Å². The van der Waals surface area contributed by atoms with Crippen LogP contribution < -0.4 is 5.32 Å². The lowest BCUT2D eigenvalue weighted by molar-refractivity contribution is -0.158. The van der Waals surface area contributed by atoms with E-state index in [-0.39, 0.29) is 23.8 Å². The summed E-state index contributed by atoms with van der Waals surface area (Å²) in [5, 5.41) is 2.91. The number of methoxy groups -OCH3 is 1. The second-order valence-corrected chi connectivity index (χ2v) is 6.01. The van der Waals surface area contributed by atoms with Crippen LogP contribution in [0.2, 0.25) is 0 Å². The highest BCUT2D eigenvalue weighted by atomic mass is 16.5. The van der Waals surface area contributed by atoms with Crippen molar-refractivity contribution in [2.75, 3.05) is 13.7 Å². The zero-order valence-corrected chi connectivity index (χ0v) is 13.5. The van der Waals surface area contributed by atoms with Crippen LogP contribution in [-0.4, -0.2) is 48.1 Å². The van der Waals surface area contributed by atoms with Crippen molar-refractivity contribution in [1.29, 1.82) is 0 Å². The highest BCUT2D eigenvalue weighted by Crippen LogP contribution is 2.26. The summed E-state index contributed by atoms with van der Waals surface area (Å²) in [6.45, 7) is 10.1. The predicted octanol–water partition coefficient (Wildman–Crippen LogP) is 1.56. The van der Waals surface area contributed by atoms with E-state index >= 15 is 0 Å². The van der Waals surface area contributed by atoms with Gasteiger partial charge in [0.2, 0.25) is 11.8 Å². The van der Waals surface area contributed by atoms with E-state index in [1.54, 1.807) is 18.9 Å². The fourth-order valence-electron chi connectivity index (χ4n) is 2.56. The maximum absolute atomic E-state index is 12.8. The zero-order valence-electron chi connectivity index (χ0n) is 13.5. The quantitative estimate of drug-likeness (QED) is 0.805. The predicted molar refractivity (Wildman–Crippen MR) is 78.3 cm³/mol. The van der Waals surface area contributed by atoms with E-state index in [9.17, 15) is 9.59 Å². The highest BCUT2D eigenvalue weighted by Gasteiger charge is 2.48. The smallest absolute Gasteiger partial charge is 0.248 e. The molecule has 5 nitrogen and oxygen atoms in total. The number of amides is 2. The molecule has 1 rings (SSSR count). The summed E-state index contributed by atoms with van der Waals surface area (Å²) in [5.41, 5.74) is -0.797. The molecule has 4 unspecified atom stereocenters. The normalized spacial score (nSPS) is 30.1. The molecule has 0 aromatic carbocycles. The van der Waals surface area contributed by atoms with Crippen LogP contribution in [0.5, 0.6) is 0 Å². The SMILES string of the molecule is CCC(C)C1C(=O)NC(C)(CC)C(=O)N1CC(C)OC. The Labute approximate surface area is 122 Å². The Balaban J connectivity index is 3.10. The molecule has 0 aromatic rings. The first-order valence-corrected chi connectivity index (χ1v) is 7.46. The molecule has 4 atom stereocenters. The first kappa shape index (κ1) is 17.0. The Morgan fingerprint density at radius 3 is 2.40 bits per heavy atom. The van der Waals surface area contributed by atoms with Crippen LogP contribution in [0.15, 0.2) is 0 Å². The molecular weight excluding hydrogens is 256 g/mol. The van der Waals surface area contributed by atoms with Crippen molar-refractivity contribution in [1.82, 2.24) is 10.2 Å². The Morgan fingerprint density at radius 1 is 1.35 bits per heavy atom. The molecule has 0 aromatic heterocycles. The van der Waals surface area contributed by atoms with E-state index in [4.69, 9.17) is 4.74 Å². The van der Waals surface area contributed by atoms with Gasteiger partial charge >= 0.3 is 0 Å². The van der Waals surface area contributed by atoms with Crippen molar-refractivity contribution in [3.63, 3.8) is 0 Å². The summed E-state index contributed by atoms with van der Waals surface area (Å²) in [6.07, 6.45) is 1.35. The minimum absolute atomic E-state index is 0.00574. The van der Waals surface area contributed by atoms with Crippen LogP contribution in [-0.2, 0) is 14.3 Å². The Morgan fingerprint density at radius 2 is 1.95 bits per heavy atom. The van der Waals surface area contributed by atoms with Crippen molar-refractivity contribution in [3.05, 3.63) is 0 Å². The van der Waals surface area contributed by atoms with Crippen molar-refractivity contribution >= 4 is 11.8 Å². The molecule has 1 saturated heterocycles. The number of carbonyl (C=O) groups is 2. The van der Waals surface area contributed by atoms with Crippen LogP contribution in [0.4, 0.5) is 0 Å². The molecule has 0 saturated carbocycles. The fraction of sp³-hybridized carbons (Fsp3) is 0.867. The third-order valence-corrected chi connectivity index (χ3v) is 4.48. The van der Waals surface area contributed by atoms with Gasteiger partial charge in [-0.05, 0) is 26.2 Å². The summed E-state index contributed by atoms with van der Waals surface area (Å²) in [4.78, 5) is 26.9. The average molecular weight is 284 g/mol. The topological polar surface area (TPSA) is 58.6 Å². The van der Waals surface area contributed by atoms with Gasteiger partial charge in [-0.3, -0.25) is 9.59 Å². The second-order valence-electron chi connectivity index (χ2n) is 6.01. The summed E-state index contributed by atoms with van der Waals surface area (Å²) in [7, 11) is 1.62. The second kappa shape index (κ2) is 6.57. The first-order valence-electron chi connectivity index (χ1n) is 7.46.